The first-order valence-electron chi connectivity index (χ1n) is 7.28. The zero-order valence-electron chi connectivity index (χ0n) is 13.0. The second-order valence-electron chi connectivity index (χ2n) is 5.56. The minimum Gasteiger partial charge on any atom is -0.351 e. The summed E-state index contributed by atoms with van der Waals surface area (Å²) in [4.78, 5) is 13.9. The number of benzene rings is 2. The lowest BCUT2D eigenvalue weighted by Crippen LogP contribution is -2.34. The number of halogens is 1. The van der Waals surface area contributed by atoms with Crippen molar-refractivity contribution in [2.75, 3.05) is 13.6 Å². The highest BCUT2D eigenvalue weighted by Gasteiger charge is 2.07. The summed E-state index contributed by atoms with van der Waals surface area (Å²) in [5, 5.41) is 3.66. The molecule has 0 aliphatic heterocycles. The van der Waals surface area contributed by atoms with E-state index in [2.05, 4.69) is 5.32 Å². The number of nitrogens with zero attached hydrogens (tertiary/aromatic N) is 1. The van der Waals surface area contributed by atoms with Crippen molar-refractivity contribution in [3.05, 3.63) is 70.2 Å². The molecule has 0 spiro atoms. The van der Waals surface area contributed by atoms with Gasteiger partial charge in [0.1, 0.15) is 0 Å². The highest BCUT2D eigenvalue weighted by atomic mass is 35.5. The summed E-state index contributed by atoms with van der Waals surface area (Å²) in [7, 11) is 1.92. The lowest BCUT2D eigenvalue weighted by Gasteiger charge is -2.16. The fourth-order valence-electron chi connectivity index (χ4n) is 2.21. The molecular weight excluding hydrogens is 296 g/mol. The number of carbonyl (C=O) groups is 1. The fraction of sp³-hybridized carbons (Fsp3) is 0.278. The van der Waals surface area contributed by atoms with Gasteiger partial charge in [0.15, 0.2) is 0 Å². The van der Waals surface area contributed by atoms with Crippen LogP contribution in [0.5, 0.6) is 0 Å². The van der Waals surface area contributed by atoms with Crippen molar-refractivity contribution in [1.82, 2.24) is 10.2 Å². The molecule has 0 saturated carbocycles. The maximum atomic E-state index is 12.0. The predicted molar refractivity (Wildman–Crippen MR) is 90.8 cm³/mol. The maximum absolute atomic E-state index is 12.0. The molecule has 0 bridgehead atoms. The SMILES string of the molecule is Cc1ccc(CNC(=O)CN(C)Cc2cccc(Cl)c2)cc1. The first kappa shape index (κ1) is 16.5. The molecule has 0 radical (unpaired) electrons. The van der Waals surface area contributed by atoms with Crippen molar-refractivity contribution in [2.24, 2.45) is 0 Å². The van der Waals surface area contributed by atoms with Crippen molar-refractivity contribution in [2.45, 2.75) is 20.0 Å². The van der Waals surface area contributed by atoms with Crippen molar-refractivity contribution in [1.29, 1.82) is 0 Å². The van der Waals surface area contributed by atoms with Gasteiger partial charge in [0.2, 0.25) is 5.91 Å². The lowest BCUT2D eigenvalue weighted by molar-refractivity contribution is -0.122. The van der Waals surface area contributed by atoms with Crippen molar-refractivity contribution < 1.29 is 4.79 Å². The predicted octanol–water partition coefficient (Wildman–Crippen LogP) is 3.40. The quantitative estimate of drug-likeness (QED) is 0.886. The van der Waals surface area contributed by atoms with Gasteiger partial charge in [-0.15, -0.1) is 0 Å². The largest absolute Gasteiger partial charge is 0.351 e. The van der Waals surface area contributed by atoms with E-state index in [9.17, 15) is 4.79 Å². The van der Waals surface area contributed by atoms with Crippen molar-refractivity contribution in [3.63, 3.8) is 0 Å². The molecule has 0 aliphatic rings. The molecule has 0 heterocycles. The highest BCUT2D eigenvalue weighted by Crippen LogP contribution is 2.12. The second kappa shape index (κ2) is 7.97. The van der Waals surface area contributed by atoms with Crippen LogP contribution in [0.15, 0.2) is 48.5 Å². The van der Waals surface area contributed by atoms with E-state index in [1.54, 1.807) is 0 Å². The molecular formula is C18H21ClN2O. The van der Waals surface area contributed by atoms with E-state index >= 15 is 0 Å². The number of carbonyl (C=O) groups excluding carboxylic acids is 1. The molecule has 4 heteroatoms. The summed E-state index contributed by atoms with van der Waals surface area (Å²) < 4.78 is 0. The molecule has 2 aromatic carbocycles. The number of nitrogens with one attached hydrogen (secondary N) is 1. The van der Waals surface area contributed by atoms with Crippen molar-refractivity contribution >= 4 is 17.5 Å². The average Bonchev–Trinajstić information content (AvgIpc) is 2.46. The zero-order chi connectivity index (χ0) is 15.9. The van der Waals surface area contributed by atoms with Crippen LogP contribution in [0.2, 0.25) is 5.02 Å². The van der Waals surface area contributed by atoms with Gasteiger partial charge in [0.05, 0.1) is 6.54 Å². The Hall–Kier alpha value is -1.84. The van der Waals surface area contributed by atoms with Crippen molar-refractivity contribution in [3.8, 4) is 0 Å². The van der Waals surface area contributed by atoms with Crippen LogP contribution in [0, 0.1) is 6.92 Å². The summed E-state index contributed by atoms with van der Waals surface area (Å²) in [6, 6.07) is 15.9. The monoisotopic (exact) mass is 316 g/mol. The Morgan fingerprint density at radius 3 is 2.55 bits per heavy atom. The second-order valence-corrected chi connectivity index (χ2v) is 6.00. The van der Waals surface area contributed by atoms with Gasteiger partial charge >= 0.3 is 0 Å². The Morgan fingerprint density at radius 2 is 1.86 bits per heavy atom. The molecule has 2 rings (SSSR count). The maximum Gasteiger partial charge on any atom is 0.234 e. The van der Waals surface area contributed by atoms with Crippen LogP contribution >= 0.6 is 11.6 Å². The Morgan fingerprint density at radius 1 is 1.14 bits per heavy atom. The fourth-order valence-corrected chi connectivity index (χ4v) is 2.42. The van der Waals surface area contributed by atoms with E-state index in [1.165, 1.54) is 5.56 Å². The number of hydrogen-bond acceptors (Lipinski definition) is 2. The smallest absolute Gasteiger partial charge is 0.234 e. The summed E-state index contributed by atoms with van der Waals surface area (Å²) in [5.41, 5.74) is 3.43. The van der Waals surface area contributed by atoms with Crippen LogP contribution in [-0.4, -0.2) is 24.4 Å². The van der Waals surface area contributed by atoms with E-state index in [-0.39, 0.29) is 5.91 Å². The van der Waals surface area contributed by atoms with E-state index in [1.807, 2.05) is 67.4 Å². The van der Waals surface area contributed by atoms with E-state index < -0.39 is 0 Å². The summed E-state index contributed by atoms with van der Waals surface area (Å²) >= 11 is 5.96. The molecule has 2 aromatic rings. The molecule has 0 saturated heterocycles. The first-order valence-corrected chi connectivity index (χ1v) is 7.66. The van der Waals surface area contributed by atoms with Gasteiger partial charge < -0.3 is 5.32 Å². The van der Waals surface area contributed by atoms with Crippen LogP contribution < -0.4 is 5.32 Å². The molecule has 0 aliphatic carbocycles. The number of aryl methyl sites for hydroxylation is 1. The Kier molecular flexibility index (Phi) is 5.99. The molecule has 22 heavy (non-hydrogen) atoms. The number of amides is 1. The highest BCUT2D eigenvalue weighted by molar-refractivity contribution is 6.30. The third-order valence-corrected chi connectivity index (χ3v) is 3.60. The Balaban J connectivity index is 1.77. The molecule has 0 aromatic heterocycles. The van der Waals surface area contributed by atoms with E-state index in [0.29, 0.717) is 19.6 Å². The standard InChI is InChI=1S/C18H21ClN2O/c1-14-6-8-15(9-7-14)11-20-18(22)13-21(2)12-16-4-3-5-17(19)10-16/h3-10H,11-13H2,1-2H3,(H,20,22). The molecule has 3 nitrogen and oxygen atoms in total. The minimum absolute atomic E-state index is 0.0186. The summed E-state index contributed by atoms with van der Waals surface area (Å²) in [6.45, 7) is 3.66. The van der Waals surface area contributed by atoms with Gasteiger partial charge in [-0.1, -0.05) is 53.6 Å². The number of rotatable bonds is 6. The van der Waals surface area contributed by atoms with E-state index in [0.717, 1.165) is 16.1 Å². The van der Waals surface area contributed by atoms with Gasteiger partial charge in [0.25, 0.3) is 0 Å². The van der Waals surface area contributed by atoms with E-state index in [4.69, 9.17) is 11.6 Å². The molecule has 0 unspecified atom stereocenters. The summed E-state index contributed by atoms with van der Waals surface area (Å²) in [5.74, 6) is 0.0186. The molecule has 116 valence electrons. The Bertz CT molecular complexity index is 625. The molecule has 0 atom stereocenters. The van der Waals surface area contributed by atoms with Crippen LogP contribution in [0.3, 0.4) is 0 Å². The van der Waals surface area contributed by atoms with Gasteiger partial charge in [0, 0.05) is 18.1 Å². The third-order valence-electron chi connectivity index (χ3n) is 3.37. The normalized spacial score (nSPS) is 10.7. The third kappa shape index (κ3) is 5.51. The average molecular weight is 317 g/mol. The van der Waals surface area contributed by atoms with Crippen LogP contribution in [0.4, 0.5) is 0 Å². The molecule has 1 amide bonds. The number of hydrogen-bond donors (Lipinski definition) is 1. The zero-order valence-corrected chi connectivity index (χ0v) is 13.7. The topological polar surface area (TPSA) is 32.3 Å². The lowest BCUT2D eigenvalue weighted by atomic mass is 10.1. The minimum atomic E-state index is 0.0186. The van der Waals surface area contributed by atoms with Gasteiger partial charge in [-0.25, -0.2) is 0 Å². The summed E-state index contributed by atoms with van der Waals surface area (Å²) in [6.07, 6.45) is 0. The van der Waals surface area contributed by atoms with Gasteiger partial charge in [-0.05, 0) is 37.2 Å². The van der Waals surface area contributed by atoms with Crippen LogP contribution in [0.25, 0.3) is 0 Å². The molecule has 1 N–H and O–H groups in total. The molecule has 0 fully saturated rings. The van der Waals surface area contributed by atoms with Gasteiger partial charge in [-0.3, -0.25) is 9.69 Å². The number of likely N-dealkylation sites (N-methyl/N-ethyl adjacent to an activating group) is 1. The Labute approximate surface area is 136 Å². The van der Waals surface area contributed by atoms with Crippen LogP contribution in [0.1, 0.15) is 16.7 Å². The first-order chi connectivity index (χ1) is 10.5. The van der Waals surface area contributed by atoms with Crippen LogP contribution in [-0.2, 0) is 17.9 Å². The van der Waals surface area contributed by atoms with Gasteiger partial charge in [-0.2, -0.15) is 0 Å².